The average Bonchev–Trinajstić information content (AvgIpc) is 2.85. The molecule has 122 valence electrons. The number of rotatable bonds is 3. The van der Waals surface area contributed by atoms with Crippen LogP contribution in [0.25, 0.3) is 0 Å². The van der Waals surface area contributed by atoms with E-state index in [9.17, 15) is 4.79 Å². The van der Waals surface area contributed by atoms with E-state index in [2.05, 4.69) is 13.8 Å². The smallest absolute Gasteiger partial charge is 0.410 e. The maximum atomic E-state index is 12.2. The maximum absolute atomic E-state index is 12.2. The molecular formula is C17H32N2O2. The molecule has 2 fully saturated rings. The van der Waals surface area contributed by atoms with Crippen LogP contribution in [0.1, 0.15) is 66.7 Å². The molecule has 2 unspecified atom stereocenters. The Balaban J connectivity index is 1.80. The number of amides is 1. The standard InChI is InChI=1S/C17H32N2O2/c1-15(2,3)21-14(20)19-10-6-7-13(11-19)8-9-17(18)12-16(17,4)5/h13H,6-12,18H2,1-5H3. The average molecular weight is 296 g/mol. The first-order chi connectivity index (χ1) is 9.52. The van der Waals surface area contributed by atoms with E-state index in [-0.39, 0.29) is 11.6 Å². The lowest BCUT2D eigenvalue weighted by Gasteiger charge is -2.34. The van der Waals surface area contributed by atoms with Gasteiger partial charge in [0.15, 0.2) is 0 Å². The number of ether oxygens (including phenoxy) is 1. The topological polar surface area (TPSA) is 55.6 Å². The Bertz CT molecular complexity index is 400. The van der Waals surface area contributed by atoms with Crippen LogP contribution in [0.5, 0.6) is 0 Å². The zero-order valence-corrected chi connectivity index (χ0v) is 14.4. The summed E-state index contributed by atoms with van der Waals surface area (Å²) < 4.78 is 5.48. The molecule has 1 heterocycles. The third kappa shape index (κ3) is 4.12. The molecule has 2 rings (SSSR count). The fourth-order valence-electron chi connectivity index (χ4n) is 3.43. The van der Waals surface area contributed by atoms with Crippen LogP contribution in [0.3, 0.4) is 0 Å². The van der Waals surface area contributed by atoms with Gasteiger partial charge in [-0.05, 0) is 64.2 Å². The molecule has 1 saturated carbocycles. The molecule has 1 saturated heterocycles. The number of piperidine rings is 1. The molecule has 2 aliphatic rings. The fourth-order valence-corrected chi connectivity index (χ4v) is 3.43. The van der Waals surface area contributed by atoms with E-state index >= 15 is 0 Å². The highest BCUT2D eigenvalue weighted by Gasteiger charge is 2.57. The molecule has 2 atom stereocenters. The minimum atomic E-state index is -0.413. The number of hydrogen-bond acceptors (Lipinski definition) is 3. The lowest BCUT2D eigenvalue weighted by Crippen LogP contribution is -2.43. The second kappa shape index (κ2) is 5.45. The molecule has 0 radical (unpaired) electrons. The van der Waals surface area contributed by atoms with Gasteiger partial charge in [0.25, 0.3) is 0 Å². The number of carbonyl (C=O) groups is 1. The quantitative estimate of drug-likeness (QED) is 0.866. The van der Waals surface area contributed by atoms with Crippen molar-refractivity contribution in [3.63, 3.8) is 0 Å². The summed E-state index contributed by atoms with van der Waals surface area (Å²) in [5.41, 5.74) is 6.33. The molecule has 1 aliphatic carbocycles. The van der Waals surface area contributed by atoms with E-state index in [1.165, 1.54) is 6.42 Å². The molecule has 0 aromatic rings. The van der Waals surface area contributed by atoms with E-state index in [1.54, 1.807) is 0 Å². The Hall–Kier alpha value is -0.770. The molecule has 0 aromatic carbocycles. The largest absolute Gasteiger partial charge is 0.444 e. The Labute approximate surface area is 129 Å². The SMILES string of the molecule is CC(C)(C)OC(=O)N1CCCC(CCC2(N)CC2(C)C)C1. The van der Waals surface area contributed by atoms with Gasteiger partial charge >= 0.3 is 6.09 Å². The molecule has 1 amide bonds. The van der Waals surface area contributed by atoms with Gasteiger partial charge in [-0.2, -0.15) is 0 Å². The second-order valence-corrected chi connectivity index (χ2v) is 8.69. The van der Waals surface area contributed by atoms with Crippen molar-refractivity contribution < 1.29 is 9.53 Å². The fraction of sp³-hybridized carbons (Fsp3) is 0.941. The molecular weight excluding hydrogens is 264 g/mol. The summed E-state index contributed by atoms with van der Waals surface area (Å²) in [6.45, 7) is 11.9. The van der Waals surface area contributed by atoms with Gasteiger partial charge in [-0.1, -0.05) is 13.8 Å². The third-order valence-electron chi connectivity index (χ3n) is 5.15. The molecule has 1 aliphatic heterocycles. The van der Waals surface area contributed by atoms with Gasteiger partial charge in [0.2, 0.25) is 0 Å². The summed E-state index contributed by atoms with van der Waals surface area (Å²) in [5, 5.41) is 0. The van der Waals surface area contributed by atoms with Crippen LogP contribution in [0.4, 0.5) is 4.79 Å². The maximum Gasteiger partial charge on any atom is 0.410 e. The molecule has 0 bridgehead atoms. The van der Waals surface area contributed by atoms with Crippen molar-refractivity contribution in [2.45, 2.75) is 77.9 Å². The molecule has 4 nitrogen and oxygen atoms in total. The number of hydrogen-bond donors (Lipinski definition) is 1. The van der Waals surface area contributed by atoms with Crippen LogP contribution in [0.2, 0.25) is 0 Å². The summed E-state index contributed by atoms with van der Waals surface area (Å²) in [4.78, 5) is 14.0. The Kier molecular flexibility index (Phi) is 4.31. The number of nitrogens with zero attached hydrogens (tertiary/aromatic N) is 1. The zero-order chi connectivity index (χ0) is 15.9. The van der Waals surface area contributed by atoms with Gasteiger partial charge in [0, 0.05) is 18.6 Å². The summed E-state index contributed by atoms with van der Waals surface area (Å²) in [6, 6.07) is 0. The predicted molar refractivity (Wildman–Crippen MR) is 85.1 cm³/mol. The predicted octanol–water partition coefficient (Wildman–Crippen LogP) is 3.54. The van der Waals surface area contributed by atoms with Gasteiger partial charge in [-0.25, -0.2) is 4.79 Å². The summed E-state index contributed by atoms with van der Waals surface area (Å²) >= 11 is 0. The van der Waals surface area contributed by atoms with Crippen LogP contribution in [0.15, 0.2) is 0 Å². The first kappa shape index (κ1) is 16.6. The van der Waals surface area contributed by atoms with Crippen molar-refractivity contribution >= 4 is 6.09 Å². The van der Waals surface area contributed by atoms with Crippen LogP contribution < -0.4 is 5.73 Å². The van der Waals surface area contributed by atoms with Crippen molar-refractivity contribution in [1.29, 1.82) is 0 Å². The second-order valence-electron chi connectivity index (χ2n) is 8.69. The van der Waals surface area contributed by atoms with E-state index in [0.29, 0.717) is 11.3 Å². The monoisotopic (exact) mass is 296 g/mol. The lowest BCUT2D eigenvalue weighted by atomic mass is 9.89. The van der Waals surface area contributed by atoms with Crippen molar-refractivity contribution in [3.05, 3.63) is 0 Å². The van der Waals surface area contributed by atoms with Crippen LogP contribution >= 0.6 is 0 Å². The highest BCUT2D eigenvalue weighted by Crippen LogP contribution is 2.56. The van der Waals surface area contributed by atoms with E-state index in [4.69, 9.17) is 10.5 Å². The minimum absolute atomic E-state index is 0.0290. The van der Waals surface area contributed by atoms with Crippen LogP contribution in [-0.4, -0.2) is 35.2 Å². The Morgan fingerprint density at radius 3 is 2.52 bits per heavy atom. The van der Waals surface area contributed by atoms with Crippen LogP contribution in [-0.2, 0) is 4.74 Å². The number of carbonyl (C=O) groups excluding carboxylic acids is 1. The third-order valence-corrected chi connectivity index (χ3v) is 5.15. The van der Waals surface area contributed by atoms with E-state index < -0.39 is 5.60 Å². The first-order valence-electron chi connectivity index (χ1n) is 8.29. The summed E-state index contributed by atoms with van der Waals surface area (Å²) in [6.07, 6.45) is 5.44. The summed E-state index contributed by atoms with van der Waals surface area (Å²) in [5.74, 6) is 0.572. The Morgan fingerprint density at radius 2 is 2.00 bits per heavy atom. The highest BCUT2D eigenvalue weighted by molar-refractivity contribution is 5.68. The van der Waals surface area contributed by atoms with Crippen molar-refractivity contribution in [2.75, 3.05) is 13.1 Å². The molecule has 2 N–H and O–H groups in total. The summed E-state index contributed by atoms with van der Waals surface area (Å²) in [7, 11) is 0. The number of nitrogens with two attached hydrogens (primary N) is 1. The molecule has 4 heteroatoms. The highest BCUT2D eigenvalue weighted by atomic mass is 16.6. The van der Waals surface area contributed by atoms with Crippen molar-refractivity contribution in [3.8, 4) is 0 Å². The van der Waals surface area contributed by atoms with Gasteiger partial charge in [-0.3, -0.25) is 0 Å². The van der Waals surface area contributed by atoms with Gasteiger partial charge in [-0.15, -0.1) is 0 Å². The zero-order valence-electron chi connectivity index (χ0n) is 14.4. The normalized spacial score (nSPS) is 31.9. The molecule has 0 spiro atoms. The number of likely N-dealkylation sites (tertiary alicyclic amines) is 1. The van der Waals surface area contributed by atoms with Gasteiger partial charge in [0.05, 0.1) is 0 Å². The first-order valence-corrected chi connectivity index (χ1v) is 8.29. The molecule has 21 heavy (non-hydrogen) atoms. The van der Waals surface area contributed by atoms with Crippen LogP contribution in [0, 0.1) is 11.3 Å². The molecule has 0 aromatic heterocycles. The Morgan fingerprint density at radius 1 is 1.38 bits per heavy atom. The van der Waals surface area contributed by atoms with Gasteiger partial charge in [0.1, 0.15) is 5.60 Å². The van der Waals surface area contributed by atoms with Crippen molar-refractivity contribution in [1.82, 2.24) is 4.90 Å². The minimum Gasteiger partial charge on any atom is -0.444 e. The van der Waals surface area contributed by atoms with Crippen molar-refractivity contribution in [2.24, 2.45) is 17.1 Å². The van der Waals surface area contributed by atoms with Gasteiger partial charge < -0.3 is 15.4 Å². The van der Waals surface area contributed by atoms with E-state index in [1.807, 2.05) is 25.7 Å². The lowest BCUT2D eigenvalue weighted by molar-refractivity contribution is 0.0159. The van der Waals surface area contributed by atoms with E-state index in [0.717, 1.165) is 38.8 Å².